The van der Waals surface area contributed by atoms with Gasteiger partial charge < -0.3 is 24.9 Å². The third-order valence-corrected chi connectivity index (χ3v) is 15.1. The van der Waals surface area contributed by atoms with Gasteiger partial charge in [0.2, 0.25) is 22.8 Å². The van der Waals surface area contributed by atoms with Crippen LogP contribution in [0.4, 0.5) is 0 Å². The Morgan fingerprint density at radius 2 is 0.848 bits per heavy atom. The van der Waals surface area contributed by atoms with Crippen LogP contribution >= 0.6 is 0 Å². The van der Waals surface area contributed by atoms with E-state index >= 15 is 0 Å². The minimum absolute atomic E-state index is 0. The molecule has 0 aromatic heterocycles. The Morgan fingerprint density at radius 1 is 0.405 bits per heavy atom. The van der Waals surface area contributed by atoms with Crippen LogP contribution in [0.5, 0.6) is 0 Å². The van der Waals surface area contributed by atoms with Crippen molar-refractivity contribution in [1.82, 2.24) is 0 Å². The van der Waals surface area contributed by atoms with Crippen LogP contribution < -0.4 is 0 Å². The Kier molecular flexibility index (Phi) is 40.1. The molecule has 0 saturated heterocycles. The maximum atomic E-state index is 11.9. The van der Waals surface area contributed by atoms with Gasteiger partial charge >= 0.3 is 20.4 Å². The largest absolute Gasteiger partial charge is 2.00 e. The van der Waals surface area contributed by atoms with E-state index in [4.69, 9.17) is 0 Å². The summed E-state index contributed by atoms with van der Waals surface area (Å²) in [6.45, 7) is 27.7. The molecule has 6 rings (SSSR count). The number of allylic oxidation sites excluding steroid dienone is 4. The molecule has 6 heteroatoms. The van der Waals surface area contributed by atoms with E-state index in [1.54, 1.807) is 13.8 Å². The zero-order valence-corrected chi connectivity index (χ0v) is 53.7. The van der Waals surface area contributed by atoms with Crippen molar-refractivity contribution in [3.05, 3.63) is 189 Å². The summed E-state index contributed by atoms with van der Waals surface area (Å²) in [5, 5.41) is 0. The molecule has 436 valence electrons. The van der Waals surface area contributed by atoms with Crippen molar-refractivity contribution in [2.45, 2.75) is 243 Å². The second-order valence-electron chi connectivity index (χ2n) is 20.7. The predicted octanol–water partition coefficient (Wildman–Crippen LogP) is 22.7. The van der Waals surface area contributed by atoms with Gasteiger partial charge in [-0.05, 0) is 142 Å². The first-order chi connectivity index (χ1) is 37.8. The summed E-state index contributed by atoms with van der Waals surface area (Å²) in [7, 11) is 0. The van der Waals surface area contributed by atoms with Crippen LogP contribution in [0.3, 0.4) is 0 Å². The zero-order valence-electron chi connectivity index (χ0n) is 51.2. The third kappa shape index (κ3) is 22.9. The standard InChI is InChI=1S/C38H52N2.C31H42N2.2C2H5.Ni.Pd/c1-5-9-12-15-16-19-26-36-34(8-4)37(33-29-27-31(28-30-33)22-17-13-10-6-2)40(39)38(36)35-25-21-20-24-32(35)23-18-14-11-7-3;1-5-8-10-12-15-25-19-21-27(22-20-25)31-29(7-3)24(4)30(33(31)32)28-18-14-17-26(23-28)16-13-11-9-6-2;2*1-2;;/h20-21,24-25,27-30H,5-10,12-13,15-19,22-23,26H2,1-4H3;14,17-23H,5-13,15-16H2,1-4H3;2*1H2,2H3;;/q;;2*-1;;+2. The summed E-state index contributed by atoms with van der Waals surface area (Å²) in [5.74, 6) is 6.52. The maximum absolute atomic E-state index is 11.9. The monoisotopic (exact) mass is 1200 g/mol. The number of aryl methyl sites for hydroxylation is 4. The second kappa shape index (κ2) is 43.5. The normalized spacial score (nSPS) is 12.7. The van der Waals surface area contributed by atoms with E-state index in [1.165, 1.54) is 163 Å². The molecule has 0 N–H and O–H groups in total. The fraction of sp³-hybridized carbons (Fsp3) is 0.507. The molecule has 2 aliphatic heterocycles. The molecule has 4 nitrogen and oxygen atoms in total. The van der Waals surface area contributed by atoms with Gasteiger partial charge in [-0.2, -0.15) is 13.8 Å². The summed E-state index contributed by atoms with van der Waals surface area (Å²) in [6.07, 6.45) is 31.8. The first kappa shape index (κ1) is 72.8. The van der Waals surface area contributed by atoms with Crippen LogP contribution in [0, 0.1) is 25.7 Å². The van der Waals surface area contributed by atoms with Gasteiger partial charge in [-0.15, -0.1) is 11.8 Å². The predicted molar refractivity (Wildman–Crippen MR) is 337 cm³/mol. The molecule has 0 unspecified atom stereocenters. The van der Waals surface area contributed by atoms with Crippen LogP contribution in [0.1, 0.15) is 261 Å². The SMILES string of the molecule is CCC#CCCc1ccccc1C1=C(CCCCCCCC)C(CC)=C(c2ccc(CCCCCC)cc2)[N+]1=[N-].CCCCCCc1ccc(C2=C(CC)C(C)=C(c3cccc(CCCCCC)c3)[N+]2=[N-])cc1.[CH2-]C.[CH2-]C.[Ni].[Pd+2]. The number of unbranched alkanes of at least 4 members (excludes halogenated alkanes) is 14. The minimum atomic E-state index is 0. The van der Waals surface area contributed by atoms with Gasteiger partial charge in [0.15, 0.2) is 0 Å². The summed E-state index contributed by atoms with van der Waals surface area (Å²) in [4.78, 5) is 0. The van der Waals surface area contributed by atoms with Gasteiger partial charge in [-0.3, -0.25) is 0 Å². The topological polar surface area (TPSA) is 50.6 Å². The van der Waals surface area contributed by atoms with E-state index in [-0.39, 0.29) is 36.9 Å². The van der Waals surface area contributed by atoms with E-state index in [9.17, 15) is 11.1 Å². The summed E-state index contributed by atoms with van der Waals surface area (Å²) < 4.78 is 2.97. The Morgan fingerprint density at radius 3 is 1.35 bits per heavy atom. The van der Waals surface area contributed by atoms with Crippen molar-refractivity contribution >= 4 is 22.8 Å². The molecule has 4 aromatic carbocycles. The van der Waals surface area contributed by atoms with Crippen molar-refractivity contribution < 1.29 is 46.3 Å². The smallest absolute Gasteiger partial charge is 0.493 e. The molecule has 2 heterocycles. The summed E-state index contributed by atoms with van der Waals surface area (Å²) >= 11 is 0. The molecule has 0 aliphatic carbocycles. The number of benzene rings is 4. The van der Waals surface area contributed by atoms with Gasteiger partial charge in [0, 0.05) is 73.9 Å². The van der Waals surface area contributed by atoms with Gasteiger partial charge in [0.1, 0.15) is 0 Å². The molecule has 0 bridgehead atoms. The van der Waals surface area contributed by atoms with Crippen LogP contribution in [0.25, 0.3) is 33.9 Å². The third-order valence-electron chi connectivity index (χ3n) is 15.1. The van der Waals surface area contributed by atoms with Gasteiger partial charge in [0.05, 0.1) is 0 Å². The van der Waals surface area contributed by atoms with Crippen LogP contribution in [0.15, 0.2) is 119 Å². The van der Waals surface area contributed by atoms with Crippen molar-refractivity contribution in [2.75, 3.05) is 0 Å². The van der Waals surface area contributed by atoms with E-state index in [0.29, 0.717) is 0 Å². The van der Waals surface area contributed by atoms with Crippen LogP contribution in [0.2, 0.25) is 0 Å². The van der Waals surface area contributed by atoms with E-state index < -0.39 is 0 Å². The quantitative estimate of drug-likeness (QED) is 0.0164. The van der Waals surface area contributed by atoms with Crippen LogP contribution in [-0.4, -0.2) is 9.39 Å². The molecule has 79 heavy (non-hydrogen) atoms. The number of nitrogens with zero attached hydrogens (tertiary/aromatic N) is 4. The molecule has 0 saturated carbocycles. The van der Waals surface area contributed by atoms with Crippen LogP contribution in [-0.2, 0) is 62.6 Å². The molecule has 0 atom stereocenters. The average molecular weight is 1200 g/mol. The molecule has 0 amide bonds. The molecule has 0 fully saturated rings. The van der Waals surface area contributed by atoms with Gasteiger partial charge in [-0.25, -0.2) is 9.39 Å². The number of hydrogen-bond acceptors (Lipinski definition) is 0. The molecule has 0 spiro atoms. The zero-order chi connectivity index (χ0) is 56.2. The first-order valence-electron chi connectivity index (χ1n) is 30.9. The Bertz CT molecular complexity index is 2560. The number of hydrogen-bond donors (Lipinski definition) is 0. The molecule has 4 aromatic rings. The number of rotatable bonds is 30. The van der Waals surface area contributed by atoms with Crippen molar-refractivity contribution in [3.63, 3.8) is 0 Å². The van der Waals surface area contributed by atoms with E-state index in [1.807, 2.05) is 0 Å². The first-order valence-corrected chi connectivity index (χ1v) is 30.9. The van der Waals surface area contributed by atoms with Gasteiger partial charge in [-0.1, -0.05) is 193 Å². The van der Waals surface area contributed by atoms with E-state index in [2.05, 4.69) is 178 Å². The average Bonchev–Trinajstić information content (AvgIpc) is 4.08. The molecule has 0 radical (unpaired) electrons. The van der Waals surface area contributed by atoms with Crippen molar-refractivity contribution in [3.8, 4) is 11.8 Å². The Labute approximate surface area is 508 Å². The van der Waals surface area contributed by atoms with Crippen molar-refractivity contribution in [1.29, 1.82) is 0 Å². The minimum Gasteiger partial charge on any atom is -0.493 e. The van der Waals surface area contributed by atoms with Crippen molar-refractivity contribution in [2.24, 2.45) is 0 Å². The maximum Gasteiger partial charge on any atom is 2.00 e. The van der Waals surface area contributed by atoms with E-state index in [0.717, 1.165) is 109 Å². The fourth-order valence-electron chi connectivity index (χ4n) is 10.9. The van der Waals surface area contributed by atoms with Gasteiger partial charge in [0.25, 0.3) is 0 Å². The fourth-order valence-corrected chi connectivity index (χ4v) is 10.9. The molecular weight excluding hydrogens is 1100 g/mol. The Hall–Kier alpha value is -4.24. The molecular formula is C73H104N4NiPd. The Balaban J connectivity index is 0.000000736. The summed E-state index contributed by atoms with van der Waals surface area (Å²) in [6, 6.07) is 35.2. The second-order valence-corrected chi connectivity index (χ2v) is 20.7. The molecule has 2 aliphatic rings. The summed E-state index contributed by atoms with van der Waals surface area (Å²) in [5.41, 5.74) is 42.0.